The molecule has 0 amide bonds. The molecule has 0 aliphatic carbocycles. The summed E-state index contributed by atoms with van der Waals surface area (Å²) >= 11 is 1.86. The molecule has 0 fully saturated rings. The predicted molar refractivity (Wildman–Crippen MR) is 222 cm³/mol. The highest BCUT2D eigenvalue weighted by Gasteiger charge is 2.23. The SMILES string of the molecule is c1ccc(-c2ccc(-c3nc(-n4c5ccccc5c5cc6ccc7c8ccccc8sc7c6cc54)c4c(n3)oc3ccccc34)c3ccccc23)cc1. The smallest absolute Gasteiger partial charge is 0.233 e. The van der Waals surface area contributed by atoms with Gasteiger partial charge in [0.05, 0.1) is 16.4 Å². The van der Waals surface area contributed by atoms with Crippen molar-refractivity contribution < 1.29 is 4.42 Å². The lowest BCUT2D eigenvalue weighted by atomic mass is 9.95. The quantitative estimate of drug-likeness (QED) is 0.185. The molecule has 0 saturated heterocycles. The van der Waals surface area contributed by atoms with Gasteiger partial charge in [0.15, 0.2) is 11.6 Å². The van der Waals surface area contributed by atoms with Crippen LogP contribution in [0.4, 0.5) is 0 Å². The summed E-state index contributed by atoms with van der Waals surface area (Å²) < 4.78 is 11.5. The van der Waals surface area contributed by atoms with Crippen LogP contribution >= 0.6 is 11.3 Å². The fraction of sp³-hybridized carbons (Fsp3) is 0. The Labute approximate surface area is 306 Å². The zero-order valence-electron chi connectivity index (χ0n) is 28.2. The van der Waals surface area contributed by atoms with E-state index >= 15 is 0 Å². The van der Waals surface area contributed by atoms with E-state index in [2.05, 4.69) is 156 Å². The number of para-hydroxylation sites is 2. The third kappa shape index (κ3) is 4.11. The molecule has 8 aromatic carbocycles. The monoisotopic (exact) mass is 693 g/mol. The van der Waals surface area contributed by atoms with Gasteiger partial charge in [-0.1, -0.05) is 127 Å². The number of benzene rings is 8. The summed E-state index contributed by atoms with van der Waals surface area (Å²) in [6, 6.07) is 58.3. The number of nitrogens with zero attached hydrogens (tertiary/aromatic N) is 3. The Hall–Kier alpha value is -6.82. The topological polar surface area (TPSA) is 43.9 Å². The lowest BCUT2D eigenvalue weighted by Crippen LogP contribution is -2.02. The third-order valence-corrected chi connectivity index (χ3v) is 12.1. The van der Waals surface area contributed by atoms with Crippen molar-refractivity contribution in [3.8, 4) is 28.3 Å². The first-order valence-electron chi connectivity index (χ1n) is 17.8. The Kier molecular flexibility index (Phi) is 5.90. The highest BCUT2D eigenvalue weighted by Crippen LogP contribution is 2.44. The first-order chi connectivity index (χ1) is 26.3. The standard InChI is InChI=1S/C48H27N3OS/c1-2-12-28(13-3-1)30-24-25-36(32-15-5-4-14-31(30)32)46-49-47(44-37-18-7-10-20-42(37)52-48(44)50-46)51-40-19-9-6-16-33(40)39-26-29-22-23-35-34-17-8-11-21-43(34)53-45(35)38(29)27-41(39)51/h1-27H. The molecule has 0 N–H and O–H groups in total. The number of rotatable bonds is 3. The van der Waals surface area contributed by atoms with E-state index in [1.54, 1.807) is 0 Å². The van der Waals surface area contributed by atoms with Gasteiger partial charge in [-0.05, 0) is 63.7 Å². The lowest BCUT2D eigenvalue weighted by molar-refractivity contribution is 0.653. The van der Waals surface area contributed by atoms with Crippen molar-refractivity contribution in [2.24, 2.45) is 0 Å². The fourth-order valence-electron chi connectivity index (χ4n) is 8.45. The Morgan fingerprint density at radius 1 is 0.472 bits per heavy atom. The number of thiophene rings is 1. The summed E-state index contributed by atoms with van der Waals surface area (Å²) in [6.07, 6.45) is 0. The number of fused-ring (bicyclic) bond motifs is 12. The van der Waals surface area contributed by atoms with E-state index in [1.807, 2.05) is 23.5 Å². The predicted octanol–water partition coefficient (Wildman–Crippen LogP) is 13.5. The Morgan fingerprint density at radius 3 is 2.04 bits per heavy atom. The van der Waals surface area contributed by atoms with Gasteiger partial charge < -0.3 is 4.42 Å². The number of hydrogen-bond acceptors (Lipinski definition) is 4. The van der Waals surface area contributed by atoms with E-state index in [0.717, 1.165) is 49.5 Å². The second kappa shape index (κ2) is 10.8. The average molecular weight is 694 g/mol. The normalized spacial score (nSPS) is 12.2. The molecule has 0 spiro atoms. The molecule has 12 rings (SSSR count). The van der Waals surface area contributed by atoms with E-state index in [1.165, 1.54) is 52.8 Å². The summed E-state index contributed by atoms with van der Waals surface area (Å²) in [7, 11) is 0. The number of aromatic nitrogens is 3. The van der Waals surface area contributed by atoms with E-state index in [0.29, 0.717) is 11.5 Å². The van der Waals surface area contributed by atoms with Crippen LogP contribution in [0, 0.1) is 0 Å². The maximum Gasteiger partial charge on any atom is 0.233 e. The minimum atomic E-state index is 0.570. The highest BCUT2D eigenvalue weighted by atomic mass is 32.1. The molecule has 0 atom stereocenters. The van der Waals surface area contributed by atoms with Crippen LogP contribution < -0.4 is 0 Å². The first kappa shape index (κ1) is 28.8. The molecule has 4 aromatic heterocycles. The fourth-order valence-corrected chi connectivity index (χ4v) is 9.68. The van der Waals surface area contributed by atoms with Crippen LogP contribution in [0.1, 0.15) is 0 Å². The summed E-state index contributed by atoms with van der Waals surface area (Å²) in [5, 5.41) is 11.6. The largest absolute Gasteiger partial charge is 0.437 e. The minimum Gasteiger partial charge on any atom is -0.437 e. The van der Waals surface area contributed by atoms with Crippen LogP contribution in [0.2, 0.25) is 0 Å². The van der Waals surface area contributed by atoms with Gasteiger partial charge in [0.25, 0.3) is 0 Å². The third-order valence-electron chi connectivity index (χ3n) is 10.8. The van der Waals surface area contributed by atoms with E-state index in [-0.39, 0.29) is 0 Å². The Bertz CT molecular complexity index is 3460. The molecule has 0 bridgehead atoms. The van der Waals surface area contributed by atoms with Crippen molar-refractivity contribution in [3.05, 3.63) is 164 Å². The zero-order valence-corrected chi connectivity index (χ0v) is 29.1. The van der Waals surface area contributed by atoms with Crippen molar-refractivity contribution in [1.29, 1.82) is 0 Å². The summed E-state index contributed by atoms with van der Waals surface area (Å²) in [5.74, 6) is 1.43. The molecule has 12 aromatic rings. The molecular weight excluding hydrogens is 667 g/mol. The van der Waals surface area contributed by atoms with Crippen LogP contribution in [0.3, 0.4) is 0 Å². The van der Waals surface area contributed by atoms with E-state index in [9.17, 15) is 0 Å². The van der Waals surface area contributed by atoms with E-state index in [4.69, 9.17) is 14.4 Å². The second-order valence-electron chi connectivity index (χ2n) is 13.7. The van der Waals surface area contributed by atoms with Crippen LogP contribution in [0.25, 0.3) is 114 Å². The van der Waals surface area contributed by atoms with Gasteiger partial charge in [-0.2, -0.15) is 4.98 Å². The van der Waals surface area contributed by atoms with Crippen molar-refractivity contribution in [3.63, 3.8) is 0 Å². The molecule has 4 nitrogen and oxygen atoms in total. The molecule has 4 heterocycles. The van der Waals surface area contributed by atoms with Gasteiger partial charge in [0.1, 0.15) is 5.58 Å². The van der Waals surface area contributed by atoms with Crippen LogP contribution in [0.15, 0.2) is 168 Å². The van der Waals surface area contributed by atoms with Gasteiger partial charge in [-0.25, -0.2) is 4.98 Å². The van der Waals surface area contributed by atoms with Crippen molar-refractivity contribution >= 4 is 96.9 Å². The molecule has 0 unspecified atom stereocenters. The van der Waals surface area contributed by atoms with Gasteiger partial charge in [0.2, 0.25) is 5.71 Å². The molecule has 0 radical (unpaired) electrons. The molecule has 5 heteroatoms. The van der Waals surface area contributed by atoms with E-state index < -0.39 is 0 Å². The number of hydrogen-bond donors (Lipinski definition) is 0. The maximum absolute atomic E-state index is 6.58. The van der Waals surface area contributed by atoms with Crippen LogP contribution in [-0.4, -0.2) is 14.5 Å². The average Bonchev–Trinajstić information content (AvgIpc) is 3.89. The van der Waals surface area contributed by atoms with Crippen molar-refractivity contribution in [2.75, 3.05) is 0 Å². The molecule has 246 valence electrons. The van der Waals surface area contributed by atoms with Crippen LogP contribution in [-0.2, 0) is 0 Å². The molecule has 0 aliphatic rings. The first-order valence-corrected chi connectivity index (χ1v) is 18.6. The maximum atomic E-state index is 6.58. The van der Waals surface area contributed by atoms with Gasteiger partial charge in [0, 0.05) is 47.3 Å². The summed E-state index contributed by atoms with van der Waals surface area (Å²) in [6.45, 7) is 0. The zero-order chi connectivity index (χ0) is 34.6. The Balaban J connectivity index is 1.21. The molecule has 0 aliphatic heterocycles. The Morgan fingerprint density at radius 2 is 1.17 bits per heavy atom. The minimum absolute atomic E-state index is 0.570. The van der Waals surface area contributed by atoms with Crippen LogP contribution in [0.5, 0.6) is 0 Å². The lowest BCUT2D eigenvalue weighted by Gasteiger charge is -2.14. The van der Waals surface area contributed by atoms with Gasteiger partial charge in [-0.15, -0.1) is 11.3 Å². The molecule has 0 saturated carbocycles. The van der Waals surface area contributed by atoms with Crippen molar-refractivity contribution in [2.45, 2.75) is 0 Å². The van der Waals surface area contributed by atoms with Gasteiger partial charge in [-0.3, -0.25) is 4.57 Å². The molecular formula is C48H27N3OS. The van der Waals surface area contributed by atoms with Gasteiger partial charge >= 0.3 is 0 Å². The molecule has 53 heavy (non-hydrogen) atoms. The summed E-state index contributed by atoms with van der Waals surface area (Å²) in [4.78, 5) is 10.8. The second-order valence-corrected chi connectivity index (χ2v) is 14.8. The van der Waals surface area contributed by atoms with Crippen molar-refractivity contribution in [1.82, 2.24) is 14.5 Å². The highest BCUT2D eigenvalue weighted by molar-refractivity contribution is 7.26. The number of furan rings is 1. The summed E-state index contributed by atoms with van der Waals surface area (Å²) in [5.41, 5.74) is 6.86.